The number of piperidine rings is 1. The summed E-state index contributed by atoms with van der Waals surface area (Å²) in [4.78, 5) is 20.0. The molecule has 4 nitrogen and oxygen atoms in total. The predicted molar refractivity (Wildman–Crippen MR) is 80.2 cm³/mol. The minimum Gasteiger partial charge on any atom is -0.357 e. The van der Waals surface area contributed by atoms with Gasteiger partial charge in [-0.3, -0.25) is 4.79 Å². The van der Waals surface area contributed by atoms with Gasteiger partial charge < -0.3 is 9.80 Å². The van der Waals surface area contributed by atoms with Gasteiger partial charge in [0.15, 0.2) is 6.29 Å². The van der Waals surface area contributed by atoms with Crippen LogP contribution in [0.4, 0.5) is 5.82 Å². The summed E-state index contributed by atoms with van der Waals surface area (Å²) in [5.41, 5.74) is 0.651. The summed E-state index contributed by atoms with van der Waals surface area (Å²) < 4.78 is 0. The first kappa shape index (κ1) is 13.6. The summed E-state index contributed by atoms with van der Waals surface area (Å²) in [6.45, 7) is 6.06. The van der Waals surface area contributed by atoms with Gasteiger partial charge in [0, 0.05) is 31.4 Å². The fourth-order valence-electron chi connectivity index (χ4n) is 3.33. The average Bonchev–Trinajstić information content (AvgIpc) is 3.01. The molecule has 0 spiro atoms. The van der Waals surface area contributed by atoms with E-state index >= 15 is 0 Å². The number of rotatable bonds is 4. The van der Waals surface area contributed by atoms with Gasteiger partial charge in [-0.25, -0.2) is 4.98 Å². The maximum atomic E-state index is 10.6. The van der Waals surface area contributed by atoms with Gasteiger partial charge in [0.05, 0.1) is 0 Å². The summed E-state index contributed by atoms with van der Waals surface area (Å²) in [5.74, 6) is 1.86. The summed E-state index contributed by atoms with van der Waals surface area (Å²) in [7, 11) is 0. The highest BCUT2D eigenvalue weighted by molar-refractivity contribution is 5.74. The zero-order valence-electron chi connectivity index (χ0n) is 12.0. The summed E-state index contributed by atoms with van der Waals surface area (Å²) in [6, 6.07) is 3.82. The van der Waals surface area contributed by atoms with E-state index < -0.39 is 0 Å². The van der Waals surface area contributed by atoms with Gasteiger partial charge in [0.25, 0.3) is 0 Å². The van der Waals surface area contributed by atoms with Crippen LogP contribution in [0.3, 0.4) is 0 Å². The summed E-state index contributed by atoms with van der Waals surface area (Å²) >= 11 is 0. The van der Waals surface area contributed by atoms with E-state index in [4.69, 9.17) is 0 Å². The molecule has 0 N–H and O–H groups in total. The van der Waals surface area contributed by atoms with Crippen molar-refractivity contribution in [2.75, 3.05) is 37.6 Å². The Morgan fingerprint density at radius 3 is 2.50 bits per heavy atom. The third kappa shape index (κ3) is 3.18. The van der Waals surface area contributed by atoms with Gasteiger partial charge in [-0.1, -0.05) is 0 Å². The highest BCUT2D eigenvalue weighted by atomic mass is 16.1. The molecule has 3 rings (SSSR count). The van der Waals surface area contributed by atoms with Crippen LogP contribution in [-0.4, -0.2) is 48.9 Å². The monoisotopic (exact) mass is 273 g/mol. The van der Waals surface area contributed by atoms with E-state index in [1.165, 1.54) is 45.3 Å². The molecule has 2 fully saturated rings. The van der Waals surface area contributed by atoms with Crippen molar-refractivity contribution in [1.29, 1.82) is 0 Å². The molecule has 4 heteroatoms. The molecule has 0 aromatic carbocycles. The SMILES string of the molecule is O=Cc1ccc(N2CCC(CN3CCCC3)CC2)nc1. The molecule has 0 radical (unpaired) electrons. The number of carbonyl (C=O) groups excluding carboxylic acids is 1. The molecule has 1 aromatic heterocycles. The molecule has 3 heterocycles. The fraction of sp³-hybridized carbons (Fsp3) is 0.625. The molecule has 0 bridgehead atoms. The Kier molecular flexibility index (Phi) is 4.31. The first-order valence-corrected chi connectivity index (χ1v) is 7.74. The zero-order valence-corrected chi connectivity index (χ0v) is 12.0. The summed E-state index contributed by atoms with van der Waals surface area (Å²) in [5, 5.41) is 0. The quantitative estimate of drug-likeness (QED) is 0.788. The molecule has 0 atom stereocenters. The molecule has 0 amide bonds. The number of hydrogen-bond donors (Lipinski definition) is 0. The Balaban J connectivity index is 1.50. The molecular weight excluding hydrogens is 250 g/mol. The van der Waals surface area contributed by atoms with Gasteiger partial charge in [0.2, 0.25) is 0 Å². The standard InChI is InChI=1S/C16H23N3O/c20-13-15-3-4-16(17-11-15)19-9-5-14(6-10-19)12-18-7-1-2-8-18/h3-4,11,13-14H,1-2,5-10,12H2. The van der Waals surface area contributed by atoms with Crippen LogP contribution in [0.25, 0.3) is 0 Å². The van der Waals surface area contributed by atoms with E-state index in [0.29, 0.717) is 5.56 Å². The molecule has 0 saturated carbocycles. The summed E-state index contributed by atoms with van der Waals surface area (Å²) in [6.07, 6.45) is 7.79. The van der Waals surface area contributed by atoms with Gasteiger partial charge in [0.1, 0.15) is 5.82 Å². The maximum absolute atomic E-state index is 10.6. The van der Waals surface area contributed by atoms with E-state index in [-0.39, 0.29) is 0 Å². The van der Waals surface area contributed by atoms with Gasteiger partial charge in [-0.2, -0.15) is 0 Å². The van der Waals surface area contributed by atoms with Crippen molar-refractivity contribution in [1.82, 2.24) is 9.88 Å². The Hall–Kier alpha value is -1.42. The molecule has 0 unspecified atom stereocenters. The number of carbonyl (C=O) groups is 1. The van der Waals surface area contributed by atoms with Gasteiger partial charge >= 0.3 is 0 Å². The van der Waals surface area contributed by atoms with E-state index in [1.807, 2.05) is 12.1 Å². The molecule has 2 aliphatic rings. The molecule has 20 heavy (non-hydrogen) atoms. The van der Waals surface area contributed by atoms with Crippen LogP contribution in [-0.2, 0) is 0 Å². The van der Waals surface area contributed by atoms with Crippen molar-refractivity contribution in [3.05, 3.63) is 23.9 Å². The van der Waals surface area contributed by atoms with E-state index in [9.17, 15) is 4.79 Å². The van der Waals surface area contributed by atoms with Crippen LogP contribution < -0.4 is 4.90 Å². The lowest BCUT2D eigenvalue weighted by Crippen LogP contribution is -2.38. The van der Waals surface area contributed by atoms with Crippen molar-refractivity contribution in [2.45, 2.75) is 25.7 Å². The van der Waals surface area contributed by atoms with Gasteiger partial charge in [-0.05, 0) is 56.8 Å². The number of aldehydes is 1. The molecule has 2 saturated heterocycles. The van der Waals surface area contributed by atoms with Crippen LogP contribution in [0.1, 0.15) is 36.0 Å². The molecular formula is C16H23N3O. The number of aromatic nitrogens is 1. The number of likely N-dealkylation sites (tertiary alicyclic amines) is 1. The number of anilines is 1. The first-order valence-electron chi connectivity index (χ1n) is 7.74. The van der Waals surface area contributed by atoms with Crippen LogP contribution in [0.5, 0.6) is 0 Å². The highest BCUT2D eigenvalue weighted by Crippen LogP contribution is 2.23. The first-order chi connectivity index (χ1) is 9.85. The maximum Gasteiger partial charge on any atom is 0.151 e. The second-order valence-corrected chi connectivity index (χ2v) is 6.01. The van der Waals surface area contributed by atoms with Crippen LogP contribution in [0, 0.1) is 5.92 Å². The number of pyridine rings is 1. The zero-order chi connectivity index (χ0) is 13.8. The van der Waals surface area contributed by atoms with Gasteiger partial charge in [-0.15, -0.1) is 0 Å². The molecule has 108 valence electrons. The minimum atomic E-state index is 0.651. The second kappa shape index (κ2) is 6.35. The Morgan fingerprint density at radius 2 is 1.90 bits per heavy atom. The fourth-order valence-corrected chi connectivity index (χ4v) is 3.33. The van der Waals surface area contributed by atoms with Crippen molar-refractivity contribution in [3.63, 3.8) is 0 Å². The highest BCUT2D eigenvalue weighted by Gasteiger charge is 2.23. The topological polar surface area (TPSA) is 36.4 Å². The van der Waals surface area contributed by atoms with Crippen molar-refractivity contribution in [3.8, 4) is 0 Å². The van der Waals surface area contributed by atoms with Crippen molar-refractivity contribution < 1.29 is 4.79 Å². The van der Waals surface area contributed by atoms with E-state index in [1.54, 1.807) is 6.20 Å². The average molecular weight is 273 g/mol. The lowest BCUT2D eigenvalue weighted by atomic mass is 9.96. The Morgan fingerprint density at radius 1 is 1.15 bits per heavy atom. The molecule has 0 aliphatic carbocycles. The van der Waals surface area contributed by atoms with Crippen molar-refractivity contribution in [2.24, 2.45) is 5.92 Å². The third-order valence-electron chi connectivity index (χ3n) is 4.56. The smallest absolute Gasteiger partial charge is 0.151 e. The van der Waals surface area contributed by atoms with Crippen LogP contribution in [0.2, 0.25) is 0 Å². The van der Waals surface area contributed by atoms with E-state index in [2.05, 4.69) is 14.8 Å². The Labute approximate surface area is 120 Å². The number of nitrogens with zero attached hydrogens (tertiary/aromatic N) is 3. The van der Waals surface area contributed by atoms with Crippen LogP contribution >= 0.6 is 0 Å². The lowest BCUT2D eigenvalue weighted by Gasteiger charge is -2.34. The normalized spacial score (nSPS) is 21.3. The van der Waals surface area contributed by atoms with E-state index in [0.717, 1.165) is 31.1 Å². The Bertz CT molecular complexity index is 432. The molecule has 1 aromatic rings. The third-order valence-corrected chi connectivity index (χ3v) is 4.56. The van der Waals surface area contributed by atoms with Crippen LogP contribution in [0.15, 0.2) is 18.3 Å². The van der Waals surface area contributed by atoms with Crippen molar-refractivity contribution >= 4 is 12.1 Å². The number of hydrogen-bond acceptors (Lipinski definition) is 4. The predicted octanol–water partition coefficient (Wildman–Crippen LogP) is 2.21. The largest absolute Gasteiger partial charge is 0.357 e. The minimum absolute atomic E-state index is 0.651. The lowest BCUT2D eigenvalue weighted by molar-refractivity contribution is 0.112. The molecule has 2 aliphatic heterocycles. The second-order valence-electron chi connectivity index (χ2n) is 6.01.